The van der Waals surface area contributed by atoms with E-state index >= 15 is 0 Å². The number of benzene rings is 2. The van der Waals surface area contributed by atoms with Crippen molar-refractivity contribution < 1.29 is 14.7 Å². The van der Waals surface area contributed by atoms with E-state index in [4.69, 9.17) is 0 Å². The number of aryl methyl sites for hydroxylation is 1. The molecule has 0 aromatic heterocycles. The predicted molar refractivity (Wildman–Crippen MR) is 99.2 cm³/mol. The largest absolute Gasteiger partial charge is 0.507 e. The Labute approximate surface area is 151 Å². The van der Waals surface area contributed by atoms with Gasteiger partial charge in [0.25, 0.3) is 11.8 Å². The summed E-state index contributed by atoms with van der Waals surface area (Å²) in [5, 5.41) is 10.3. The third-order valence-corrected chi connectivity index (χ3v) is 5.28. The molecule has 0 unspecified atom stereocenters. The lowest BCUT2D eigenvalue weighted by Crippen LogP contribution is -2.29. The van der Waals surface area contributed by atoms with Gasteiger partial charge in [-0.2, -0.15) is 0 Å². The van der Waals surface area contributed by atoms with Gasteiger partial charge in [0.1, 0.15) is 5.75 Å². The first-order chi connectivity index (χ1) is 11.7. The number of rotatable bonds is 3. The highest BCUT2D eigenvalue weighted by molar-refractivity contribution is 7.99. The van der Waals surface area contributed by atoms with Crippen LogP contribution in [0.2, 0.25) is 0 Å². The Morgan fingerprint density at radius 1 is 1.04 bits per heavy atom. The van der Waals surface area contributed by atoms with Crippen molar-refractivity contribution in [2.75, 3.05) is 5.88 Å². The number of thioether (sulfide) groups is 1. The molecular formula is C20H21NO3S. The minimum absolute atomic E-state index is 0.194. The van der Waals surface area contributed by atoms with Crippen LogP contribution in [0.5, 0.6) is 5.75 Å². The van der Waals surface area contributed by atoms with Crippen LogP contribution in [-0.4, -0.2) is 27.7 Å². The van der Waals surface area contributed by atoms with Crippen molar-refractivity contribution in [1.29, 1.82) is 0 Å². The molecule has 0 saturated carbocycles. The molecular weight excluding hydrogens is 334 g/mol. The first-order valence-corrected chi connectivity index (χ1v) is 9.11. The van der Waals surface area contributed by atoms with Crippen LogP contribution in [0.15, 0.2) is 41.3 Å². The first-order valence-electron chi connectivity index (χ1n) is 8.12. The lowest BCUT2D eigenvalue weighted by atomic mass is 9.85. The highest BCUT2D eigenvalue weighted by Gasteiger charge is 2.35. The molecule has 0 spiro atoms. The molecule has 2 amide bonds. The molecule has 0 saturated heterocycles. The van der Waals surface area contributed by atoms with Crippen molar-refractivity contribution in [3.63, 3.8) is 0 Å². The fourth-order valence-electron chi connectivity index (χ4n) is 2.90. The van der Waals surface area contributed by atoms with Crippen molar-refractivity contribution in [2.24, 2.45) is 0 Å². The molecule has 0 fully saturated rings. The third kappa shape index (κ3) is 3.16. The minimum Gasteiger partial charge on any atom is -0.507 e. The van der Waals surface area contributed by atoms with Crippen LogP contribution in [0.4, 0.5) is 0 Å². The second kappa shape index (κ2) is 6.23. The summed E-state index contributed by atoms with van der Waals surface area (Å²) in [6.45, 7) is 7.98. The number of fused-ring (bicyclic) bond motifs is 1. The molecule has 0 bridgehead atoms. The van der Waals surface area contributed by atoms with Gasteiger partial charge in [0.05, 0.1) is 17.0 Å². The van der Waals surface area contributed by atoms with Crippen LogP contribution >= 0.6 is 11.8 Å². The third-order valence-electron chi connectivity index (χ3n) is 4.32. The molecule has 1 aliphatic rings. The molecule has 1 aliphatic heterocycles. The number of phenols is 1. The van der Waals surface area contributed by atoms with Gasteiger partial charge in [0.2, 0.25) is 0 Å². The number of hydrogen-bond donors (Lipinski definition) is 1. The maximum atomic E-state index is 12.4. The average molecular weight is 355 g/mol. The van der Waals surface area contributed by atoms with E-state index in [0.29, 0.717) is 16.9 Å². The number of nitrogens with zero attached hydrogens (tertiary/aromatic N) is 1. The second-order valence-corrected chi connectivity index (χ2v) is 8.26. The van der Waals surface area contributed by atoms with Crippen molar-refractivity contribution >= 4 is 23.6 Å². The topological polar surface area (TPSA) is 57.6 Å². The van der Waals surface area contributed by atoms with E-state index in [0.717, 1.165) is 16.0 Å². The quantitative estimate of drug-likeness (QED) is 0.657. The molecule has 2 aromatic carbocycles. The van der Waals surface area contributed by atoms with Crippen LogP contribution in [0.3, 0.4) is 0 Å². The Bertz CT molecular complexity index is 833. The van der Waals surface area contributed by atoms with Gasteiger partial charge in [-0.15, -0.1) is 11.8 Å². The monoisotopic (exact) mass is 355 g/mol. The second-order valence-electron chi connectivity index (χ2n) is 7.24. The molecule has 0 radical (unpaired) electrons. The lowest BCUT2D eigenvalue weighted by Gasteiger charge is -2.23. The minimum atomic E-state index is -0.250. The SMILES string of the molecule is Cc1cc(SCN2C(=O)c3ccccc3C2=O)cc(C(C)(C)C)c1O. The van der Waals surface area contributed by atoms with E-state index < -0.39 is 0 Å². The van der Waals surface area contributed by atoms with E-state index in [2.05, 4.69) is 0 Å². The molecule has 25 heavy (non-hydrogen) atoms. The van der Waals surface area contributed by atoms with Gasteiger partial charge in [0, 0.05) is 10.5 Å². The first kappa shape index (κ1) is 17.5. The van der Waals surface area contributed by atoms with Gasteiger partial charge in [-0.3, -0.25) is 14.5 Å². The molecule has 130 valence electrons. The summed E-state index contributed by atoms with van der Waals surface area (Å²) in [5.41, 5.74) is 2.38. The smallest absolute Gasteiger partial charge is 0.262 e. The van der Waals surface area contributed by atoms with Gasteiger partial charge in [-0.1, -0.05) is 32.9 Å². The molecule has 3 rings (SSSR count). The van der Waals surface area contributed by atoms with Crippen molar-refractivity contribution in [1.82, 2.24) is 4.90 Å². The highest BCUT2D eigenvalue weighted by Crippen LogP contribution is 2.37. The zero-order chi connectivity index (χ0) is 18.4. The van der Waals surface area contributed by atoms with Gasteiger partial charge in [-0.05, 0) is 42.2 Å². The summed E-state index contributed by atoms with van der Waals surface area (Å²) in [7, 11) is 0. The molecule has 2 aromatic rings. The summed E-state index contributed by atoms with van der Waals surface area (Å²) in [4.78, 5) is 27.1. The maximum absolute atomic E-state index is 12.4. The Hall–Kier alpha value is -2.27. The Morgan fingerprint density at radius 2 is 1.60 bits per heavy atom. The summed E-state index contributed by atoms with van der Waals surface area (Å²) in [5.74, 6) is 0.0528. The van der Waals surface area contributed by atoms with Gasteiger partial charge >= 0.3 is 0 Å². The van der Waals surface area contributed by atoms with Gasteiger partial charge in [0.15, 0.2) is 0 Å². The zero-order valence-corrected chi connectivity index (χ0v) is 15.6. The highest BCUT2D eigenvalue weighted by atomic mass is 32.2. The number of amides is 2. The van der Waals surface area contributed by atoms with Crippen LogP contribution in [0.25, 0.3) is 0 Å². The van der Waals surface area contributed by atoms with Crippen molar-refractivity contribution in [3.8, 4) is 5.75 Å². The number of phenolic OH excluding ortho intramolecular Hbond substituents is 1. The Kier molecular flexibility index (Phi) is 4.37. The van der Waals surface area contributed by atoms with Gasteiger partial charge in [-0.25, -0.2) is 0 Å². The zero-order valence-electron chi connectivity index (χ0n) is 14.8. The number of carbonyl (C=O) groups excluding carboxylic acids is 2. The maximum Gasteiger partial charge on any atom is 0.262 e. The Morgan fingerprint density at radius 3 is 2.12 bits per heavy atom. The molecule has 1 heterocycles. The number of carbonyl (C=O) groups is 2. The number of hydrogen-bond acceptors (Lipinski definition) is 4. The summed E-state index contributed by atoms with van der Waals surface area (Å²) in [6.07, 6.45) is 0. The fourth-order valence-corrected chi connectivity index (χ4v) is 3.87. The van der Waals surface area contributed by atoms with Crippen LogP contribution in [0, 0.1) is 6.92 Å². The summed E-state index contributed by atoms with van der Waals surface area (Å²) < 4.78 is 0. The van der Waals surface area contributed by atoms with E-state index in [1.807, 2.05) is 39.8 Å². The van der Waals surface area contributed by atoms with E-state index in [-0.39, 0.29) is 23.1 Å². The average Bonchev–Trinajstić information content (AvgIpc) is 2.79. The lowest BCUT2D eigenvalue weighted by molar-refractivity contribution is 0.0684. The molecule has 0 aliphatic carbocycles. The normalized spacial score (nSPS) is 14.2. The van der Waals surface area contributed by atoms with E-state index in [9.17, 15) is 14.7 Å². The molecule has 4 nitrogen and oxygen atoms in total. The van der Waals surface area contributed by atoms with E-state index in [1.165, 1.54) is 16.7 Å². The Balaban J connectivity index is 1.83. The fraction of sp³-hybridized carbons (Fsp3) is 0.300. The number of aromatic hydroxyl groups is 1. The van der Waals surface area contributed by atoms with E-state index in [1.54, 1.807) is 24.3 Å². The number of imide groups is 1. The molecule has 5 heteroatoms. The summed E-state index contributed by atoms with van der Waals surface area (Å²) in [6, 6.07) is 10.7. The van der Waals surface area contributed by atoms with Gasteiger partial charge < -0.3 is 5.11 Å². The van der Waals surface area contributed by atoms with Crippen LogP contribution in [-0.2, 0) is 5.41 Å². The molecule has 1 N–H and O–H groups in total. The van der Waals surface area contributed by atoms with Crippen LogP contribution in [0.1, 0.15) is 52.6 Å². The predicted octanol–water partition coefficient (Wildman–Crippen LogP) is 4.34. The van der Waals surface area contributed by atoms with Crippen LogP contribution < -0.4 is 0 Å². The molecule has 0 atom stereocenters. The van der Waals surface area contributed by atoms with Crippen molar-refractivity contribution in [2.45, 2.75) is 38.0 Å². The standard InChI is InChI=1S/C20H21NO3S/c1-12-9-13(10-16(17(12)22)20(2,3)4)25-11-21-18(23)14-7-5-6-8-15(14)19(21)24/h5-10,22H,11H2,1-4H3. The van der Waals surface area contributed by atoms with Crippen molar-refractivity contribution in [3.05, 3.63) is 58.7 Å². The summed E-state index contributed by atoms with van der Waals surface area (Å²) >= 11 is 1.42.